The summed E-state index contributed by atoms with van der Waals surface area (Å²) in [5.41, 5.74) is -0.124. The molecule has 0 aromatic heterocycles. The summed E-state index contributed by atoms with van der Waals surface area (Å²) < 4.78 is 21.5. The van der Waals surface area contributed by atoms with Gasteiger partial charge in [-0.3, -0.25) is 48.2 Å². The van der Waals surface area contributed by atoms with Crippen LogP contribution in [0.2, 0.25) is 0 Å². The highest BCUT2D eigenvalue weighted by molar-refractivity contribution is 6.28. The Bertz CT molecular complexity index is 3010. The van der Waals surface area contributed by atoms with Crippen molar-refractivity contribution in [2.24, 2.45) is 21.7 Å². The number of benzene rings is 2. The fraction of sp³-hybridized carbons (Fsp3) is 0.484. The van der Waals surface area contributed by atoms with Gasteiger partial charge in [-0.15, -0.1) is 0 Å². The van der Waals surface area contributed by atoms with Crippen LogP contribution in [0, 0.1) is 21.7 Å². The van der Waals surface area contributed by atoms with Gasteiger partial charge in [-0.2, -0.15) is 0 Å². The summed E-state index contributed by atoms with van der Waals surface area (Å²) in [7, 11) is 0. The van der Waals surface area contributed by atoms with Crippen molar-refractivity contribution in [1.82, 2.24) is 31.1 Å². The second-order valence-electron chi connectivity index (χ2n) is 24.3. The van der Waals surface area contributed by atoms with Crippen LogP contribution in [0.25, 0.3) is 0 Å². The zero-order valence-electron chi connectivity index (χ0n) is 49.4. The Kier molecular flexibility index (Phi) is 21.2. The number of alkyl carbamates (subject to hydrolysis) is 2. The molecule has 24 nitrogen and oxygen atoms in total. The summed E-state index contributed by atoms with van der Waals surface area (Å²) in [6.45, 7) is 14.7. The van der Waals surface area contributed by atoms with Gasteiger partial charge in [0.05, 0.1) is 24.6 Å². The maximum Gasteiger partial charge on any atom is 0.412 e. The molecule has 2 aliphatic carbocycles. The lowest BCUT2D eigenvalue weighted by Gasteiger charge is -2.50. The number of hydrogen-bond donors (Lipinski definition) is 4. The van der Waals surface area contributed by atoms with Crippen LogP contribution in [0.15, 0.2) is 97.1 Å². The summed E-state index contributed by atoms with van der Waals surface area (Å²) >= 11 is 0. The van der Waals surface area contributed by atoms with Crippen molar-refractivity contribution >= 4 is 83.0 Å². The molecule has 12 amide bonds. The molecule has 0 spiro atoms. The highest BCUT2D eigenvalue weighted by atomic mass is 16.6. The number of nitrogens with zero attached hydrogens (tertiary/aromatic N) is 4. The summed E-state index contributed by atoms with van der Waals surface area (Å²) in [5.74, 6) is -2.38. The van der Waals surface area contributed by atoms with Crippen LogP contribution < -0.4 is 40.5 Å². The molecular weight excluding hydrogens is 1110 g/mol. The van der Waals surface area contributed by atoms with E-state index in [1.165, 1.54) is 107 Å². The SMILES string of the molecule is CC1(C)CC(NC(=O)OCCCCCN2C(=O)C=CC2=O)CCC1(C)CNC(=O)OCCCCCN1C(=O)C=CC1=O.CC1(C)CC(NC(=O)Oc2ccc(N3C(=O)C=CC3=O)cc2)CC(C)(CNC(=O)Oc2ccc(N3C(=O)C=CC3=O)cc2)C1. The lowest BCUT2D eigenvalue weighted by atomic mass is 9.57. The van der Waals surface area contributed by atoms with Gasteiger partial charge >= 0.3 is 24.4 Å². The molecule has 86 heavy (non-hydrogen) atoms. The van der Waals surface area contributed by atoms with Crippen LogP contribution in [0.1, 0.15) is 119 Å². The zero-order chi connectivity index (χ0) is 62.4. The Morgan fingerprint density at radius 1 is 0.465 bits per heavy atom. The van der Waals surface area contributed by atoms with Gasteiger partial charge in [-0.05, 0) is 147 Å². The Balaban J connectivity index is 0.000000246. The minimum atomic E-state index is -0.655. The predicted molar refractivity (Wildman–Crippen MR) is 312 cm³/mol. The molecule has 4 heterocycles. The van der Waals surface area contributed by atoms with E-state index in [1.54, 1.807) is 0 Å². The number of anilines is 2. The molecule has 460 valence electrons. The number of rotatable bonds is 22. The number of hydrogen-bond acceptors (Lipinski definition) is 16. The molecule has 4 atom stereocenters. The van der Waals surface area contributed by atoms with Crippen molar-refractivity contribution in [3.8, 4) is 11.5 Å². The molecule has 0 saturated heterocycles. The molecule has 8 rings (SSSR count). The van der Waals surface area contributed by atoms with E-state index >= 15 is 0 Å². The molecule has 24 heteroatoms. The van der Waals surface area contributed by atoms with E-state index in [2.05, 4.69) is 55.9 Å². The fourth-order valence-electron chi connectivity index (χ4n) is 11.7. The van der Waals surface area contributed by atoms with Crippen molar-refractivity contribution in [2.75, 3.05) is 49.2 Å². The van der Waals surface area contributed by atoms with E-state index in [0.29, 0.717) is 76.1 Å². The van der Waals surface area contributed by atoms with E-state index in [4.69, 9.17) is 18.9 Å². The first-order valence-electron chi connectivity index (χ1n) is 28.9. The van der Waals surface area contributed by atoms with E-state index in [1.807, 2.05) is 6.92 Å². The first kappa shape index (κ1) is 64.6. The fourth-order valence-corrected chi connectivity index (χ4v) is 11.7. The van der Waals surface area contributed by atoms with E-state index in [0.717, 1.165) is 48.3 Å². The number of unbranched alkanes of at least 4 members (excludes halogenated alkanes) is 4. The van der Waals surface area contributed by atoms with Crippen LogP contribution in [0.5, 0.6) is 11.5 Å². The smallest absolute Gasteiger partial charge is 0.412 e. The molecule has 2 aromatic carbocycles. The molecule has 2 aromatic rings. The summed E-state index contributed by atoms with van der Waals surface area (Å²) in [6, 6.07) is 11.9. The Labute approximate surface area is 499 Å². The minimum absolute atomic E-state index is 0.0332. The van der Waals surface area contributed by atoms with Gasteiger partial charge in [-0.25, -0.2) is 29.0 Å². The average Bonchev–Trinajstić information content (AvgIpc) is 1.68. The summed E-state index contributed by atoms with van der Waals surface area (Å²) in [6.07, 6.45) is 16.1. The molecule has 2 fully saturated rings. The third-order valence-corrected chi connectivity index (χ3v) is 16.4. The maximum atomic E-state index is 12.8. The maximum absolute atomic E-state index is 12.8. The Morgan fingerprint density at radius 3 is 1.35 bits per heavy atom. The number of carbonyl (C=O) groups is 12. The highest BCUT2D eigenvalue weighted by Gasteiger charge is 2.47. The number of carbonyl (C=O) groups excluding carboxylic acids is 12. The number of nitrogens with one attached hydrogen (secondary N) is 4. The molecule has 4 aliphatic heterocycles. The first-order valence-corrected chi connectivity index (χ1v) is 28.9. The Hall–Kier alpha value is -8.96. The van der Waals surface area contributed by atoms with Crippen molar-refractivity contribution in [3.63, 3.8) is 0 Å². The highest BCUT2D eigenvalue weighted by Crippen LogP contribution is 2.50. The van der Waals surface area contributed by atoms with Crippen LogP contribution in [0.3, 0.4) is 0 Å². The Morgan fingerprint density at radius 2 is 0.884 bits per heavy atom. The van der Waals surface area contributed by atoms with Crippen LogP contribution in [-0.2, 0) is 47.8 Å². The lowest BCUT2D eigenvalue weighted by Crippen LogP contribution is -2.53. The summed E-state index contributed by atoms with van der Waals surface area (Å²) in [5, 5.41) is 11.6. The van der Waals surface area contributed by atoms with Crippen molar-refractivity contribution in [3.05, 3.63) is 97.1 Å². The van der Waals surface area contributed by atoms with Crippen LogP contribution in [0.4, 0.5) is 30.6 Å². The van der Waals surface area contributed by atoms with E-state index < -0.39 is 48.0 Å². The third-order valence-electron chi connectivity index (χ3n) is 16.4. The minimum Gasteiger partial charge on any atom is -0.450 e. The monoisotopic (exact) mass is 1190 g/mol. The van der Waals surface area contributed by atoms with Gasteiger partial charge in [0.15, 0.2) is 0 Å². The van der Waals surface area contributed by atoms with E-state index in [-0.39, 0.29) is 82.1 Å². The second kappa shape index (κ2) is 28.3. The number of imide groups is 4. The van der Waals surface area contributed by atoms with Crippen LogP contribution in [-0.4, -0.2) is 133 Å². The zero-order valence-corrected chi connectivity index (χ0v) is 49.4. The normalized spacial score (nSPS) is 22.7. The van der Waals surface area contributed by atoms with Crippen LogP contribution >= 0.6 is 0 Å². The molecule has 0 bridgehead atoms. The van der Waals surface area contributed by atoms with Gasteiger partial charge in [0.1, 0.15) is 11.5 Å². The quantitative estimate of drug-likeness (QED) is 0.0668. The largest absolute Gasteiger partial charge is 0.450 e. The molecular formula is C62H76N8O16. The molecule has 6 aliphatic rings. The third kappa shape index (κ3) is 17.6. The average molecular weight is 1190 g/mol. The van der Waals surface area contributed by atoms with Gasteiger partial charge in [-0.1, -0.05) is 41.5 Å². The molecule has 0 radical (unpaired) electrons. The lowest BCUT2D eigenvalue weighted by molar-refractivity contribution is -0.138. The van der Waals surface area contributed by atoms with Gasteiger partial charge < -0.3 is 40.2 Å². The topological polar surface area (TPSA) is 303 Å². The van der Waals surface area contributed by atoms with Gasteiger partial charge in [0, 0.05) is 86.9 Å². The standard InChI is InChI=1S/C32H32N4O8.C30H44N4O8/c1-31(2)16-20(34-30(42)44-24-10-6-22(7-11-24)36-27(39)14-15-28(36)40)17-32(3,18-31)19-33-29(41)43-23-8-4-21(5-9-23)35-25(37)12-13-26(35)38;1-29(2)20-22(32-28(40)42-19-9-5-7-17-34-25(37)12-13-26(34)38)14-15-30(29,3)21-31-27(39)41-18-8-4-6-16-33-23(35)10-11-24(33)36/h4-15,20H,16-19H2,1-3H3,(H,33,41)(H,34,42);10-13,22H,4-9,14-21H2,1-3H3,(H,31,39)(H,32,40). The summed E-state index contributed by atoms with van der Waals surface area (Å²) in [4.78, 5) is 148. The van der Waals surface area contributed by atoms with E-state index in [9.17, 15) is 57.5 Å². The van der Waals surface area contributed by atoms with Gasteiger partial charge in [0.25, 0.3) is 47.3 Å². The molecule has 2 saturated carbocycles. The predicted octanol–water partition coefficient (Wildman–Crippen LogP) is 7.22. The van der Waals surface area contributed by atoms with Crippen molar-refractivity contribution < 1.29 is 76.5 Å². The molecule has 4 N–H and O–H groups in total. The first-order chi connectivity index (χ1) is 40.7. The van der Waals surface area contributed by atoms with Gasteiger partial charge in [0.2, 0.25) is 0 Å². The van der Waals surface area contributed by atoms with Crippen molar-refractivity contribution in [2.45, 2.75) is 131 Å². The van der Waals surface area contributed by atoms with Crippen molar-refractivity contribution in [1.29, 1.82) is 0 Å². The molecule has 4 unspecified atom stereocenters. The second-order valence-corrected chi connectivity index (χ2v) is 24.3. The number of amides is 12. The number of ether oxygens (including phenoxy) is 4.